The maximum atomic E-state index is 12.8. The first kappa shape index (κ1) is 15.7. The Morgan fingerprint density at radius 2 is 1.68 bits per heavy atom. The lowest BCUT2D eigenvalue weighted by atomic mass is 9.97. The van der Waals surface area contributed by atoms with Crippen LogP contribution < -0.4 is 5.56 Å². The van der Waals surface area contributed by atoms with Gasteiger partial charge in [0.2, 0.25) is 4.96 Å². The van der Waals surface area contributed by atoms with Crippen LogP contribution in [-0.4, -0.2) is 19.8 Å². The summed E-state index contributed by atoms with van der Waals surface area (Å²) in [6.07, 6.45) is 0.900. The number of hydrogen-bond donors (Lipinski definition) is 0. The molecule has 25 heavy (non-hydrogen) atoms. The zero-order chi connectivity index (χ0) is 17.2. The summed E-state index contributed by atoms with van der Waals surface area (Å²) < 4.78 is 1.38. The van der Waals surface area contributed by atoms with Crippen molar-refractivity contribution < 1.29 is 0 Å². The van der Waals surface area contributed by atoms with Gasteiger partial charge >= 0.3 is 5.56 Å². The van der Waals surface area contributed by atoms with Gasteiger partial charge in [0.15, 0.2) is 5.69 Å². The van der Waals surface area contributed by atoms with Gasteiger partial charge in [-0.05, 0) is 12.0 Å². The highest BCUT2D eigenvalue weighted by Gasteiger charge is 2.19. The van der Waals surface area contributed by atoms with E-state index in [-0.39, 0.29) is 11.5 Å². The molecule has 0 radical (unpaired) electrons. The van der Waals surface area contributed by atoms with Gasteiger partial charge in [0.25, 0.3) is 0 Å². The first-order valence-corrected chi connectivity index (χ1v) is 8.96. The minimum Gasteiger partial charge on any atom is -0.265 e. The topological polar surface area (TPSA) is 60.2 Å². The van der Waals surface area contributed by atoms with Crippen molar-refractivity contribution in [2.45, 2.75) is 19.3 Å². The smallest absolute Gasteiger partial charge is 0.265 e. The second kappa shape index (κ2) is 6.57. The van der Waals surface area contributed by atoms with E-state index >= 15 is 0 Å². The summed E-state index contributed by atoms with van der Waals surface area (Å²) in [5.41, 5.74) is 2.02. The predicted molar refractivity (Wildman–Crippen MR) is 98.9 cm³/mol. The van der Waals surface area contributed by atoms with E-state index in [0.29, 0.717) is 10.7 Å². The number of nitrogens with zero attached hydrogens (tertiary/aromatic N) is 4. The Labute approximate surface area is 148 Å². The molecule has 0 aliphatic rings. The third kappa shape index (κ3) is 2.85. The van der Waals surface area contributed by atoms with Crippen LogP contribution in [0.25, 0.3) is 16.2 Å². The molecule has 0 amide bonds. The Bertz CT molecular complexity index is 1060. The first-order valence-electron chi connectivity index (χ1n) is 8.14. The van der Waals surface area contributed by atoms with Crippen LogP contribution in [0.2, 0.25) is 0 Å². The molecule has 2 heterocycles. The summed E-state index contributed by atoms with van der Waals surface area (Å²) >= 11 is 1.42. The van der Waals surface area contributed by atoms with Crippen molar-refractivity contribution in [2.75, 3.05) is 0 Å². The van der Waals surface area contributed by atoms with Gasteiger partial charge in [-0.2, -0.15) is 9.61 Å². The molecular weight excluding hydrogens is 332 g/mol. The van der Waals surface area contributed by atoms with Crippen LogP contribution >= 0.6 is 11.3 Å². The number of benzene rings is 2. The number of rotatable bonds is 4. The van der Waals surface area contributed by atoms with Crippen molar-refractivity contribution in [1.29, 1.82) is 0 Å². The van der Waals surface area contributed by atoms with Crippen molar-refractivity contribution in [3.05, 3.63) is 81.6 Å². The van der Waals surface area contributed by atoms with Gasteiger partial charge in [-0.3, -0.25) is 4.79 Å². The molecule has 0 aliphatic carbocycles. The van der Waals surface area contributed by atoms with Crippen molar-refractivity contribution >= 4 is 16.3 Å². The van der Waals surface area contributed by atoms with E-state index in [1.807, 2.05) is 48.5 Å². The Morgan fingerprint density at radius 1 is 1.00 bits per heavy atom. The molecule has 2 aromatic heterocycles. The average molecular weight is 348 g/mol. The number of aromatic nitrogens is 4. The van der Waals surface area contributed by atoms with E-state index in [2.05, 4.69) is 34.4 Å². The SMILES string of the molecule is CC[C@H](c1ccccc1)c1nn2c(=O)c(-c3ccccc3)nnc2s1. The molecule has 0 N–H and O–H groups in total. The molecule has 0 bridgehead atoms. The normalized spacial score (nSPS) is 12.4. The van der Waals surface area contributed by atoms with Gasteiger partial charge < -0.3 is 0 Å². The molecule has 0 unspecified atom stereocenters. The highest BCUT2D eigenvalue weighted by molar-refractivity contribution is 7.16. The van der Waals surface area contributed by atoms with E-state index in [1.165, 1.54) is 21.4 Å². The Hall–Kier alpha value is -2.86. The largest absolute Gasteiger partial charge is 0.302 e. The second-order valence-corrected chi connectivity index (χ2v) is 6.71. The Morgan fingerprint density at radius 3 is 2.36 bits per heavy atom. The fourth-order valence-corrected chi connectivity index (χ4v) is 3.93. The number of hydrogen-bond acceptors (Lipinski definition) is 5. The van der Waals surface area contributed by atoms with Crippen LogP contribution in [0.5, 0.6) is 0 Å². The van der Waals surface area contributed by atoms with Crippen molar-refractivity contribution in [1.82, 2.24) is 19.8 Å². The molecule has 1 atom stereocenters. The van der Waals surface area contributed by atoms with E-state index in [0.717, 1.165) is 17.0 Å². The second-order valence-electron chi connectivity index (χ2n) is 5.73. The lowest BCUT2D eigenvalue weighted by Gasteiger charge is -2.10. The minimum absolute atomic E-state index is 0.146. The van der Waals surface area contributed by atoms with Gasteiger partial charge in [0.1, 0.15) is 5.01 Å². The highest BCUT2D eigenvalue weighted by atomic mass is 32.1. The molecule has 0 saturated heterocycles. The van der Waals surface area contributed by atoms with Crippen molar-refractivity contribution in [3.63, 3.8) is 0 Å². The Kier molecular flexibility index (Phi) is 4.11. The van der Waals surface area contributed by atoms with Crippen LogP contribution in [0.3, 0.4) is 0 Å². The summed E-state index contributed by atoms with van der Waals surface area (Å²) in [5.74, 6) is 0.146. The van der Waals surface area contributed by atoms with Crippen molar-refractivity contribution in [2.24, 2.45) is 0 Å². The molecule has 0 fully saturated rings. The fourth-order valence-electron chi connectivity index (χ4n) is 2.89. The molecule has 6 heteroatoms. The molecule has 4 rings (SSSR count). The van der Waals surface area contributed by atoms with Crippen LogP contribution in [0.4, 0.5) is 0 Å². The maximum Gasteiger partial charge on any atom is 0.302 e. The fraction of sp³-hybridized carbons (Fsp3) is 0.158. The lowest BCUT2D eigenvalue weighted by molar-refractivity contribution is 0.732. The summed E-state index contributed by atoms with van der Waals surface area (Å²) in [6.45, 7) is 2.12. The molecule has 0 saturated carbocycles. The van der Waals surface area contributed by atoms with E-state index < -0.39 is 0 Å². The number of fused-ring (bicyclic) bond motifs is 1. The molecule has 0 spiro atoms. The van der Waals surface area contributed by atoms with Gasteiger partial charge in [-0.25, -0.2) is 0 Å². The van der Waals surface area contributed by atoms with Crippen LogP contribution in [0.1, 0.15) is 29.8 Å². The summed E-state index contributed by atoms with van der Waals surface area (Å²) in [5, 5.41) is 13.8. The van der Waals surface area contributed by atoms with Gasteiger partial charge in [-0.15, -0.1) is 10.2 Å². The van der Waals surface area contributed by atoms with Crippen LogP contribution in [0, 0.1) is 0 Å². The molecule has 0 aliphatic heterocycles. The van der Waals surface area contributed by atoms with E-state index in [9.17, 15) is 4.79 Å². The van der Waals surface area contributed by atoms with Gasteiger partial charge in [-0.1, -0.05) is 78.9 Å². The van der Waals surface area contributed by atoms with E-state index in [4.69, 9.17) is 0 Å². The quantitative estimate of drug-likeness (QED) is 0.563. The Balaban J connectivity index is 1.83. The predicted octanol–water partition coefficient (Wildman–Crippen LogP) is 3.75. The molecule has 4 aromatic rings. The monoisotopic (exact) mass is 348 g/mol. The molecule has 5 nitrogen and oxygen atoms in total. The molecular formula is C19H16N4OS. The zero-order valence-corrected chi connectivity index (χ0v) is 14.5. The third-order valence-corrected chi connectivity index (χ3v) is 5.17. The minimum atomic E-state index is -0.235. The molecule has 124 valence electrons. The highest BCUT2D eigenvalue weighted by Crippen LogP contribution is 2.30. The van der Waals surface area contributed by atoms with Gasteiger partial charge in [0, 0.05) is 11.5 Å². The summed E-state index contributed by atoms with van der Waals surface area (Å²) in [7, 11) is 0. The lowest BCUT2D eigenvalue weighted by Crippen LogP contribution is -2.19. The zero-order valence-electron chi connectivity index (χ0n) is 13.7. The van der Waals surface area contributed by atoms with Crippen molar-refractivity contribution in [3.8, 4) is 11.3 Å². The van der Waals surface area contributed by atoms with Gasteiger partial charge in [0.05, 0.1) is 0 Å². The van der Waals surface area contributed by atoms with E-state index in [1.54, 1.807) is 0 Å². The average Bonchev–Trinajstić information content (AvgIpc) is 3.09. The molecule has 2 aromatic carbocycles. The standard InChI is InChI=1S/C19H16N4OS/c1-2-15(13-9-5-3-6-10-13)17-22-23-18(24)16(20-21-19(23)25-17)14-11-7-4-8-12-14/h3-12,15H,2H2,1H3/t15-/m1/s1. The summed E-state index contributed by atoms with van der Waals surface area (Å²) in [4.78, 5) is 13.3. The van der Waals surface area contributed by atoms with Crippen LogP contribution in [-0.2, 0) is 0 Å². The van der Waals surface area contributed by atoms with Crippen LogP contribution in [0.15, 0.2) is 65.5 Å². The third-order valence-electron chi connectivity index (χ3n) is 4.16. The maximum absolute atomic E-state index is 12.8. The first-order chi connectivity index (χ1) is 12.3. The summed E-state index contributed by atoms with van der Waals surface area (Å²) in [6, 6.07) is 19.6.